The Bertz CT molecular complexity index is 985. The standard InChI is InChI=1S/C27H37F2NO5/c1-5-6-23-34-22-11-16-17-10-19(28)18-9-15(2)7-8-24(18,3)26(17,29)20(31)12-25(16,4)27(22,35-23)21(32)13-33-14-30/h7-9,16-17,19-20,22-23,31H,2,5-6,10-14,30H2,1,3-4H3/t16-,17-,19-,20-,22+,23?,24-,25-,26-,27+/m0/s1. The van der Waals surface area contributed by atoms with Crippen molar-refractivity contribution in [2.24, 2.45) is 28.4 Å². The van der Waals surface area contributed by atoms with Crippen LogP contribution >= 0.6 is 0 Å². The topological polar surface area (TPSA) is 91.0 Å². The molecule has 4 aliphatic carbocycles. The molecule has 1 unspecified atom stereocenters. The minimum absolute atomic E-state index is 0.00759. The molecule has 0 aromatic rings. The summed E-state index contributed by atoms with van der Waals surface area (Å²) >= 11 is 0. The second-order valence-electron chi connectivity index (χ2n) is 11.4. The third-order valence-corrected chi connectivity index (χ3v) is 9.80. The van der Waals surface area contributed by atoms with Crippen LogP contribution in [0.4, 0.5) is 8.78 Å². The average Bonchev–Trinajstić information content (AvgIpc) is 3.28. The number of nitrogens with two attached hydrogens (primary N) is 1. The van der Waals surface area contributed by atoms with Gasteiger partial charge in [0.05, 0.1) is 18.9 Å². The summed E-state index contributed by atoms with van der Waals surface area (Å²) < 4.78 is 51.0. The zero-order chi connectivity index (χ0) is 25.4. The predicted octanol–water partition coefficient (Wildman–Crippen LogP) is 3.68. The zero-order valence-electron chi connectivity index (χ0n) is 20.8. The lowest BCUT2D eigenvalue weighted by Crippen LogP contribution is -2.70. The monoisotopic (exact) mass is 493 g/mol. The first-order chi connectivity index (χ1) is 16.5. The maximum Gasteiger partial charge on any atom is 0.193 e. The molecule has 1 heterocycles. The SMILES string of the molecule is C=C1C=C[C@@]2(C)C(=C1)[C@@H](F)C[C@H]1[C@@H]3C[C@H]4OC(CCC)O[C@@]4(C(=O)COCN)[C@@]3(C)C[C@H](O)[C@@]12F. The normalized spacial score (nSPS) is 50.3. The summed E-state index contributed by atoms with van der Waals surface area (Å²) in [5.41, 5.74) is 0.617. The fourth-order valence-electron chi connectivity index (χ4n) is 8.22. The molecule has 0 aromatic heterocycles. The Balaban J connectivity index is 1.60. The van der Waals surface area contributed by atoms with Crippen LogP contribution in [0.3, 0.4) is 0 Å². The summed E-state index contributed by atoms with van der Waals surface area (Å²) in [5.74, 6) is -1.57. The highest BCUT2D eigenvalue weighted by molar-refractivity contribution is 5.91. The number of ketones is 1. The molecule has 5 rings (SSSR count). The summed E-state index contributed by atoms with van der Waals surface area (Å²) in [5, 5.41) is 11.6. The van der Waals surface area contributed by atoms with Crippen molar-refractivity contribution in [3.05, 3.63) is 36.0 Å². The number of carbonyl (C=O) groups is 1. The molecule has 8 heteroatoms. The molecule has 0 radical (unpaired) electrons. The number of hydrogen-bond acceptors (Lipinski definition) is 6. The van der Waals surface area contributed by atoms with Crippen LogP contribution in [0.5, 0.6) is 0 Å². The molecule has 0 amide bonds. The minimum Gasteiger partial charge on any atom is -0.390 e. The molecule has 194 valence electrons. The Hall–Kier alpha value is -1.45. The van der Waals surface area contributed by atoms with Gasteiger partial charge in [-0.3, -0.25) is 4.79 Å². The van der Waals surface area contributed by atoms with Crippen LogP contribution in [0.1, 0.15) is 52.9 Å². The van der Waals surface area contributed by atoms with Crippen LogP contribution in [-0.4, -0.2) is 60.2 Å². The molecule has 1 aliphatic heterocycles. The fourth-order valence-corrected chi connectivity index (χ4v) is 8.22. The maximum absolute atomic E-state index is 17.4. The predicted molar refractivity (Wildman–Crippen MR) is 126 cm³/mol. The van der Waals surface area contributed by atoms with Gasteiger partial charge in [0.15, 0.2) is 23.3 Å². The van der Waals surface area contributed by atoms with E-state index in [9.17, 15) is 9.90 Å². The van der Waals surface area contributed by atoms with Gasteiger partial charge in [-0.25, -0.2) is 8.78 Å². The molecule has 4 fully saturated rings. The molecule has 1 saturated heterocycles. The third-order valence-electron chi connectivity index (χ3n) is 9.80. The average molecular weight is 494 g/mol. The highest BCUT2D eigenvalue weighted by Crippen LogP contribution is 2.72. The van der Waals surface area contributed by atoms with Crippen LogP contribution in [0, 0.1) is 22.7 Å². The largest absolute Gasteiger partial charge is 0.390 e. The van der Waals surface area contributed by atoms with Crippen molar-refractivity contribution in [3.8, 4) is 0 Å². The fraction of sp³-hybridized carbons (Fsp3) is 0.741. The van der Waals surface area contributed by atoms with Crippen molar-refractivity contribution >= 4 is 5.78 Å². The second kappa shape index (κ2) is 8.28. The van der Waals surface area contributed by atoms with Gasteiger partial charge in [0.1, 0.15) is 12.8 Å². The number of ether oxygens (including phenoxy) is 3. The molecule has 5 aliphatic rings. The molecular weight excluding hydrogens is 456 g/mol. The zero-order valence-corrected chi connectivity index (χ0v) is 20.8. The lowest BCUT2D eigenvalue weighted by Gasteiger charge is -2.63. The number of Topliss-reactive ketones (excluding diaryl/α,β-unsaturated/α-hetero) is 1. The summed E-state index contributed by atoms with van der Waals surface area (Å²) in [6, 6.07) is 0. The number of aliphatic hydroxyl groups excluding tert-OH is 1. The van der Waals surface area contributed by atoms with Gasteiger partial charge < -0.3 is 25.1 Å². The minimum atomic E-state index is -2.11. The lowest BCUT2D eigenvalue weighted by molar-refractivity contribution is -0.234. The summed E-state index contributed by atoms with van der Waals surface area (Å²) in [7, 11) is 0. The Morgan fingerprint density at radius 2 is 2.09 bits per heavy atom. The summed E-state index contributed by atoms with van der Waals surface area (Å²) in [4.78, 5) is 13.7. The van der Waals surface area contributed by atoms with Crippen LogP contribution in [0.15, 0.2) is 36.0 Å². The van der Waals surface area contributed by atoms with Gasteiger partial charge in [-0.2, -0.15) is 0 Å². The number of alkyl halides is 2. The Labute approximate surface area is 205 Å². The smallest absolute Gasteiger partial charge is 0.193 e. The van der Waals surface area contributed by atoms with Crippen LogP contribution in [0.25, 0.3) is 0 Å². The number of aliphatic hydroxyl groups is 1. The van der Waals surface area contributed by atoms with E-state index in [-0.39, 0.29) is 32.0 Å². The van der Waals surface area contributed by atoms with E-state index < -0.39 is 58.6 Å². The Morgan fingerprint density at radius 3 is 2.77 bits per heavy atom. The van der Waals surface area contributed by atoms with Gasteiger partial charge in [0.25, 0.3) is 0 Å². The first-order valence-corrected chi connectivity index (χ1v) is 12.7. The van der Waals surface area contributed by atoms with E-state index in [0.717, 1.165) is 6.42 Å². The van der Waals surface area contributed by atoms with Gasteiger partial charge in [-0.1, -0.05) is 45.1 Å². The second-order valence-corrected chi connectivity index (χ2v) is 11.4. The van der Waals surface area contributed by atoms with Crippen molar-refractivity contribution in [2.45, 2.75) is 88.8 Å². The van der Waals surface area contributed by atoms with Crippen molar-refractivity contribution in [3.63, 3.8) is 0 Å². The molecule has 10 atom stereocenters. The molecule has 35 heavy (non-hydrogen) atoms. The van der Waals surface area contributed by atoms with E-state index in [1.54, 1.807) is 25.2 Å². The lowest BCUT2D eigenvalue weighted by atomic mass is 9.44. The first kappa shape index (κ1) is 25.2. The highest BCUT2D eigenvalue weighted by Gasteiger charge is 2.79. The van der Waals surface area contributed by atoms with Gasteiger partial charge >= 0.3 is 0 Å². The maximum atomic E-state index is 17.4. The number of hydrogen-bond donors (Lipinski definition) is 2. The summed E-state index contributed by atoms with van der Waals surface area (Å²) in [6.45, 7) is 9.04. The van der Waals surface area contributed by atoms with E-state index in [1.807, 2.05) is 13.8 Å². The Morgan fingerprint density at radius 1 is 1.34 bits per heavy atom. The molecule has 0 spiro atoms. The highest BCUT2D eigenvalue weighted by atomic mass is 19.1. The van der Waals surface area contributed by atoms with Crippen LogP contribution in [0.2, 0.25) is 0 Å². The van der Waals surface area contributed by atoms with Gasteiger partial charge in [-0.05, 0) is 49.7 Å². The molecule has 3 N–H and O–H groups in total. The van der Waals surface area contributed by atoms with Gasteiger partial charge in [0.2, 0.25) is 0 Å². The number of carbonyl (C=O) groups excluding carboxylic acids is 1. The van der Waals surface area contributed by atoms with E-state index in [0.29, 0.717) is 24.0 Å². The molecule has 0 aromatic carbocycles. The number of rotatable bonds is 6. The number of fused-ring (bicyclic) bond motifs is 7. The quantitative estimate of drug-likeness (QED) is 0.549. The molecule has 3 saturated carbocycles. The van der Waals surface area contributed by atoms with Crippen molar-refractivity contribution < 1.29 is 32.9 Å². The van der Waals surface area contributed by atoms with Crippen molar-refractivity contribution in [1.82, 2.24) is 0 Å². The number of halogens is 2. The van der Waals surface area contributed by atoms with E-state index >= 15 is 8.78 Å². The number of allylic oxidation sites excluding steroid dienone is 5. The Kier molecular flexibility index (Phi) is 5.96. The van der Waals surface area contributed by atoms with E-state index in [1.165, 1.54) is 0 Å². The van der Waals surface area contributed by atoms with Crippen LogP contribution in [-0.2, 0) is 19.0 Å². The van der Waals surface area contributed by atoms with Crippen molar-refractivity contribution in [2.75, 3.05) is 13.3 Å². The summed E-state index contributed by atoms with van der Waals surface area (Å²) in [6.07, 6.45) is 2.63. The van der Waals surface area contributed by atoms with E-state index in [2.05, 4.69) is 6.58 Å². The van der Waals surface area contributed by atoms with Crippen molar-refractivity contribution in [1.29, 1.82) is 0 Å². The third kappa shape index (κ3) is 3.07. The molecular formula is C27H37F2NO5. The van der Waals surface area contributed by atoms with E-state index in [4.69, 9.17) is 19.9 Å². The molecule has 6 nitrogen and oxygen atoms in total. The first-order valence-electron chi connectivity index (χ1n) is 12.7. The molecule has 0 bridgehead atoms. The van der Waals surface area contributed by atoms with Gasteiger partial charge in [-0.15, -0.1) is 0 Å². The van der Waals surface area contributed by atoms with Crippen LogP contribution < -0.4 is 5.73 Å². The van der Waals surface area contributed by atoms with Gasteiger partial charge in [0, 0.05) is 16.7 Å².